The number of nitro groups is 1. The van der Waals surface area contributed by atoms with Crippen LogP contribution >= 0.6 is 0 Å². The lowest BCUT2D eigenvalue weighted by atomic mass is 10.2. The summed E-state index contributed by atoms with van der Waals surface area (Å²) >= 11 is 0. The highest BCUT2D eigenvalue weighted by Crippen LogP contribution is 2.29. The predicted molar refractivity (Wildman–Crippen MR) is 107 cm³/mol. The van der Waals surface area contributed by atoms with Crippen LogP contribution in [0.5, 0.6) is 5.75 Å². The van der Waals surface area contributed by atoms with E-state index >= 15 is 0 Å². The highest BCUT2D eigenvalue weighted by atomic mass is 32.2. The molecule has 1 N–H and O–H groups in total. The minimum atomic E-state index is -3.85. The van der Waals surface area contributed by atoms with E-state index in [9.17, 15) is 27.3 Å². The molecule has 0 saturated heterocycles. The number of nitrogens with one attached hydrogen (secondary N) is 1. The molecule has 12 heteroatoms. The Morgan fingerprint density at radius 3 is 2.37 bits per heavy atom. The number of ether oxygens (including phenoxy) is 1. The molecule has 0 atom stereocenters. The number of halogens is 2. The van der Waals surface area contributed by atoms with Gasteiger partial charge >= 0.3 is 6.61 Å². The number of nitro benzene ring substituents is 1. The molecule has 0 aliphatic rings. The van der Waals surface area contributed by atoms with Crippen LogP contribution in [0.15, 0.2) is 52.5 Å². The van der Waals surface area contributed by atoms with Crippen LogP contribution in [-0.4, -0.2) is 43.6 Å². The van der Waals surface area contributed by atoms with Gasteiger partial charge in [0.25, 0.3) is 5.69 Å². The fourth-order valence-electron chi connectivity index (χ4n) is 2.54. The third kappa shape index (κ3) is 5.70. The predicted octanol–water partition coefficient (Wildman–Crippen LogP) is 3.67. The van der Waals surface area contributed by atoms with Crippen LogP contribution in [0.1, 0.15) is 19.4 Å². The number of hydrogen-bond acceptors (Lipinski definition) is 7. The monoisotopic (exact) mass is 442 g/mol. The van der Waals surface area contributed by atoms with Gasteiger partial charge in [-0.25, -0.2) is 8.42 Å². The zero-order valence-electron chi connectivity index (χ0n) is 16.2. The van der Waals surface area contributed by atoms with Crippen LogP contribution < -0.4 is 10.2 Å². The van der Waals surface area contributed by atoms with Crippen molar-refractivity contribution < 1.29 is 26.9 Å². The van der Waals surface area contributed by atoms with Gasteiger partial charge < -0.3 is 4.74 Å². The topological polar surface area (TPSA) is 114 Å². The Kier molecular flexibility index (Phi) is 7.78. The first-order valence-electron chi connectivity index (χ1n) is 8.81. The molecule has 2 aromatic rings. The number of rotatable bonds is 10. The molecule has 2 aromatic carbocycles. The van der Waals surface area contributed by atoms with Gasteiger partial charge in [-0.3, -0.25) is 15.5 Å². The third-order valence-electron chi connectivity index (χ3n) is 4.01. The van der Waals surface area contributed by atoms with Gasteiger partial charge in [0.05, 0.1) is 16.0 Å². The highest BCUT2D eigenvalue weighted by Gasteiger charge is 2.25. The van der Waals surface area contributed by atoms with E-state index in [1.165, 1.54) is 46.9 Å². The SMILES string of the molecule is CCN(CC)S(=O)(=O)c1ccc(NN=Cc2ccc(OC(F)F)cc2)c([N+](=O)[O-])c1. The van der Waals surface area contributed by atoms with Crippen molar-refractivity contribution in [3.63, 3.8) is 0 Å². The lowest BCUT2D eigenvalue weighted by Gasteiger charge is -2.18. The van der Waals surface area contributed by atoms with Crippen LogP contribution in [0.2, 0.25) is 0 Å². The molecule has 0 heterocycles. The standard InChI is InChI=1S/C18H20F2N4O5S/c1-3-23(4-2)30(27,28)15-9-10-16(17(11-15)24(25)26)22-21-12-13-5-7-14(8-6-13)29-18(19)20/h5-12,18,22H,3-4H2,1-2H3. The van der Waals surface area contributed by atoms with Gasteiger partial charge in [-0.05, 0) is 42.0 Å². The largest absolute Gasteiger partial charge is 0.435 e. The van der Waals surface area contributed by atoms with Crippen LogP contribution in [-0.2, 0) is 10.0 Å². The molecule has 0 aliphatic carbocycles. The Bertz CT molecular complexity index is 1010. The third-order valence-corrected chi connectivity index (χ3v) is 6.06. The van der Waals surface area contributed by atoms with Crippen molar-refractivity contribution in [1.29, 1.82) is 0 Å². The lowest BCUT2D eigenvalue weighted by molar-refractivity contribution is -0.384. The van der Waals surface area contributed by atoms with E-state index in [1.54, 1.807) is 13.8 Å². The van der Waals surface area contributed by atoms with Crippen LogP contribution in [0.25, 0.3) is 0 Å². The van der Waals surface area contributed by atoms with Crippen molar-refractivity contribution in [2.75, 3.05) is 18.5 Å². The summed E-state index contributed by atoms with van der Waals surface area (Å²) in [5, 5.41) is 15.3. The number of sulfonamides is 1. The smallest absolute Gasteiger partial charge is 0.387 e. The highest BCUT2D eigenvalue weighted by molar-refractivity contribution is 7.89. The Labute approximate surface area is 172 Å². The normalized spacial score (nSPS) is 11.9. The minimum absolute atomic E-state index is 0.00704. The van der Waals surface area contributed by atoms with Crippen LogP contribution in [0, 0.1) is 10.1 Å². The molecular formula is C18H20F2N4O5S. The van der Waals surface area contributed by atoms with E-state index in [4.69, 9.17) is 0 Å². The average molecular weight is 442 g/mol. The van der Waals surface area contributed by atoms with Crippen molar-refractivity contribution in [3.8, 4) is 5.75 Å². The Balaban J connectivity index is 2.22. The first kappa shape index (κ1) is 23.2. The van der Waals surface area contributed by atoms with Crippen molar-refractivity contribution in [3.05, 3.63) is 58.1 Å². The zero-order valence-corrected chi connectivity index (χ0v) is 17.0. The number of nitrogens with zero attached hydrogens (tertiary/aromatic N) is 3. The number of anilines is 1. The summed E-state index contributed by atoms with van der Waals surface area (Å²) in [7, 11) is -3.85. The maximum atomic E-state index is 12.6. The van der Waals surface area contributed by atoms with Gasteiger partial charge in [-0.1, -0.05) is 13.8 Å². The molecule has 0 bridgehead atoms. The van der Waals surface area contributed by atoms with E-state index in [0.717, 1.165) is 6.07 Å². The fraction of sp³-hybridized carbons (Fsp3) is 0.278. The van der Waals surface area contributed by atoms with Gasteiger partial charge in [0.15, 0.2) is 0 Å². The maximum absolute atomic E-state index is 12.6. The molecule has 0 spiro atoms. The molecule has 0 amide bonds. The number of alkyl halides is 2. The zero-order chi connectivity index (χ0) is 22.3. The van der Waals surface area contributed by atoms with Gasteiger partial charge in [-0.15, -0.1) is 0 Å². The van der Waals surface area contributed by atoms with Gasteiger partial charge in [-0.2, -0.15) is 18.2 Å². The summed E-state index contributed by atoms with van der Waals surface area (Å²) in [5.41, 5.74) is 2.55. The summed E-state index contributed by atoms with van der Waals surface area (Å²) in [6.45, 7) is 0.884. The number of hydrogen-bond donors (Lipinski definition) is 1. The second-order valence-electron chi connectivity index (χ2n) is 5.84. The Hall–Kier alpha value is -3.12. The molecule has 0 saturated carbocycles. The number of benzene rings is 2. The van der Waals surface area contributed by atoms with Crippen molar-refractivity contribution in [2.45, 2.75) is 25.4 Å². The molecule has 2 rings (SSSR count). The van der Waals surface area contributed by atoms with Crippen molar-refractivity contribution in [1.82, 2.24) is 4.31 Å². The minimum Gasteiger partial charge on any atom is -0.435 e. The quantitative estimate of drug-likeness (QED) is 0.341. The lowest BCUT2D eigenvalue weighted by Crippen LogP contribution is -2.30. The van der Waals surface area contributed by atoms with Crippen molar-refractivity contribution >= 4 is 27.6 Å². The first-order valence-corrected chi connectivity index (χ1v) is 10.3. The maximum Gasteiger partial charge on any atom is 0.387 e. The summed E-state index contributed by atoms with van der Waals surface area (Å²) < 4.78 is 54.9. The Morgan fingerprint density at radius 2 is 1.83 bits per heavy atom. The van der Waals surface area contributed by atoms with Gasteiger partial charge in [0.2, 0.25) is 10.0 Å². The summed E-state index contributed by atoms with van der Waals surface area (Å²) in [5.74, 6) is -0.0178. The second kappa shape index (κ2) is 10.1. The molecular weight excluding hydrogens is 422 g/mol. The summed E-state index contributed by atoms with van der Waals surface area (Å²) in [6.07, 6.45) is 1.32. The van der Waals surface area contributed by atoms with E-state index in [-0.39, 0.29) is 29.4 Å². The van der Waals surface area contributed by atoms with Crippen molar-refractivity contribution in [2.24, 2.45) is 5.10 Å². The molecule has 0 unspecified atom stereocenters. The van der Waals surface area contributed by atoms with Crippen LogP contribution in [0.4, 0.5) is 20.2 Å². The molecule has 0 aromatic heterocycles. The molecule has 162 valence electrons. The van der Waals surface area contributed by atoms with Gasteiger partial charge in [0.1, 0.15) is 11.4 Å². The summed E-state index contributed by atoms with van der Waals surface area (Å²) in [4.78, 5) is 10.5. The van der Waals surface area contributed by atoms with E-state index < -0.39 is 27.2 Å². The van der Waals surface area contributed by atoms with E-state index in [0.29, 0.717) is 5.56 Å². The van der Waals surface area contributed by atoms with Crippen LogP contribution in [0.3, 0.4) is 0 Å². The summed E-state index contributed by atoms with van der Waals surface area (Å²) in [6, 6.07) is 9.07. The molecule has 0 aliphatic heterocycles. The first-order chi connectivity index (χ1) is 14.2. The fourth-order valence-corrected chi connectivity index (χ4v) is 4.02. The average Bonchev–Trinajstić information content (AvgIpc) is 2.69. The second-order valence-corrected chi connectivity index (χ2v) is 7.78. The van der Waals surface area contributed by atoms with Gasteiger partial charge in [0, 0.05) is 19.2 Å². The van der Waals surface area contributed by atoms with E-state index in [1.807, 2.05) is 0 Å². The number of hydrazone groups is 1. The molecule has 0 radical (unpaired) electrons. The molecule has 0 fully saturated rings. The molecule has 30 heavy (non-hydrogen) atoms. The molecule has 9 nitrogen and oxygen atoms in total. The van der Waals surface area contributed by atoms with E-state index in [2.05, 4.69) is 15.3 Å². The Morgan fingerprint density at radius 1 is 1.20 bits per heavy atom.